The van der Waals surface area contributed by atoms with Gasteiger partial charge in [-0.1, -0.05) is 30.3 Å². The number of aromatic amines is 1. The first-order chi connectivity index (χ1) is 7.72. The second kappa shape index (κ2) is 4.06. The summed E-state index contributed by atoms with van der Waals surface area (Å²) in [5, 5.41) is 2.50. The molecule has 0 aliphatic rings. The van der Waals surface area contributed by atoms with Gasteiger partial charge in [0.25, 0.3) is 5.91 Å². The molecule has 5 nitrogen and oxygen atoms in total. The molecule has 0 spiro atoms. The molecule has 0 bridgehead atoms. The second-order valence-corrected chi connectivity index (χ2v) is 3.29. The minimum absolute atomic E-state index is 0.207. The number of nitrogen functional groups attached to an aromatic ring is 1. The highest BCUT2D eigenvalue weighted by Gasteiger charge is 2.14. The molecule has 1 amide bonds. The summed E-state index contributed by atoms with van der Waals surface area (Å²) in [6.07, 6.45) is 0. The predicted octanol–water partition coefficient (Wildman–Crippen LogP) is 1.02. The van der Waals surface area contributed by atoms with Gasteiger partial charge >= 0.3 is 0 Å². The van der Waals surface area contributed by atoms with Crippen LogP contribution in [0.1, 0.15) is 10.5 Å². The number of anilines is 1. The fraction of sp³-hybridized carbons (Fsp3) is 0.0909. The van der Waals surface area contributed by atoms with Crippen molar-refractivity contribution < 1.29 is 4.79 Å². The van der Waals surface area contributed by atoms with E-state index in [0.717, 1.165) is 5.56 Å². The van der Waals surface area contributed by atoms with E-state index in [0.29, 0.717) is 11.5 Å². The van der Waals surface area contributed by atoms with Crippen molar-refractivity contribution in [1.82, 2.24) is 15.3 Å². The molecule has 0 aliphatic heterocycles. The van der Waals surface area contributed by atoms with Gasteiger partial charge < -0.3 is 16.0 Å². The van der Waals surface area contributed by atoms with Crippen molar-refractivity contribution in [2.45, 2.75) is 0 Å². The number of hydrogen-bond acceptors (Lipinski definition) is 3. The third kappa shape index (κ3) is 1.75. The van der Waals surface area contributed by atoms with E-state index in [1.165, 1.54) is 0 Å². The molecule has 1 aromatic carbocycles. The van der Waals surface area contributed by atoms with Gasteiger partial charge in [0.05, 0.1) is 0 Å². The van der Waals surface area contributed by atoms with Crippen molar-refractivity contribution >= 4 is 11.7 Å². The van der Waals surface area contributed by atoms with Crippen molar-refractivity contribution in [3.63, 3.8) is 0 Å². The summed E-state index contributed by atoms with van der Waals surface area (Å²) in [6.45, 7) is 0. The summed E-state index contributed by atoms with van der Waals surface area (Å²) >= 11 is 0. The lowest BCUT2D eigenvalue weighted by Gasteiger charge is -1.96. The van der Waals surface area contributed by atoms with Crippen LogP contribution in [0.2, 0.25) is 0 Å². The van der Waals surface area contributed by atoms with Crippen LogP contribution < -0.4 is 11.1 Å². The van der Waals surface area contributed by atoms with Gasteiger partial charge in [0.15, 0.2) is 5.82 Å². The summed E-state index contributed by atoms with van der Waals surface area (Å²) in [5.41, 5.74) is 6.84. The monoisotopic (exact) mass is 216 g/mol. The second-order valence-electron chi connectivity index (χ2n) is 3.29. The van der Waals surface area contributed by atoms with Gasteiger partial charge in [-0.3, -0.25) is 4.79 Å². The van der Waals surface area contributed by atoms with Crippen LogP contribution in [0.4, 0.5) is 5.82 Å². The predicted molar refractivity (Wildman–Crippen MR) is 61.8 cm³/mol. The number of H-pyrrole nitrogens is 1. The smallest absolute Gasteiger partial charge is 0.271 e. The molecule has 2 rings (SSSR count). The molecule has 4 N–H and O–H groups in total. The zero-order valence-electron chi connectivity index (χ0n) is 8.82. The highest BCUT2D eigenvalue weighted by atomic mass is 16.1. The van der Waals surface area contributed by atoms with Crippen molar-refractivity contribution in [3.8, 4) is 11.4 Å². The highest BCUT2D eigenvalue weighted by molar-refractivity contribution is 5.97. The molecule has 0 saturated heterocycles. The number of nitrogens with one attached hydrogen (secondary N) is 2. The normalized spacial score (nSPS) is 10.1. The average molecular weight is 216 g/mol. The molecule has 16 heavy (non-hydrogen) atoms. The first-order valence-corrected chi connectivity index (χ1v) is 4.85. The van der Waals surface area contributed by atoms with Gasteiger partial charge in [0, 0.05) is 12.6 Å². The first kappa shape index (κ1) is 10.2. The lowest BCUT2D eigenvalue weighted by Crippen LogP contribution is -2.19. The quantitative estimate of drug-likeness (QED) is 0.700. The van der Waals surface area contributed by atoms with Gasteiger partial charge in [0.1, 0.15) is 11.5 Å². The number of carbonyl (C=O) groups excluding carboxylic acids is 1. The number of nitrogens with two attached hydrogens (primary N) is 1. The van der Waals surface area contributed by atoms with Crippen LogP contribution >= 0.6 is 0 Å². The van der Waals surface area contributed by atoms with Gasteiger partial charge in [-0.2, -0.15) is 0 Å². The molecule has 0 atom stereocenters. The number of nitrogens with zero attached hydrogens (tertiary/aromatic N) is 1. The van der Waals surface area contributed by atoms with Crippen molar-refractivity contribution in [2.75, 3.05) is 12.8 Å². The molecule has 2 aromatic rings. The fourth-order valence-electron chi connectivity index (χ4n) is 1.42. The molecule has 0 fully saturated rings. The molecule has 0 unspecified atom stereocenters. The number of imidazole rings is 1. The zero-order chi connectivity index (χ0) is 11.5. The van der Waals surface area contributed by atoms with E-state index in [2.05, 4.69) is 15.3 Å². The van der Waals surface area contributed by atoms with E-state index < -0.39 is 0 Å². The van der Waals surface area contributed by atoms with Crippen LogP contribution in [0.15, 0.2) is 30.3 Å². The number of benzene rings is 1. The Bertz CT molecular complexity index is 504. The summed E-state index contributed by atoms with van der Waals surface area (Å²) in [6, 6.07) is 9.49. The Morgan fingerprint density at radius 1 is 1.38 bits per heavy atom. The number of rotatable bonds is 2. The minimum atomic E-state index is -0.271. The van der Waals surface area contributed by atoms with E-state index >= 15 is 0 Å². The molecule has 1 heterocycles. The van der Waals surface area contributed by atoms with E-state index in [1.807, 2.05) is 30.3 Å². The fourth-order valence-corrected chi connectivity index (χ4v) is 1.42. The topological polar surface area (TPSA) is 83.8 Å². The Morgan fingerprint density at radius 2 is 2.06 bits per heavy atom. The minimum Gasteiger partial charge on any atom is -0.382 e. The van der Waals surface area contributed by atoms with Crippen LogP contribution in [0.25, 0.3) is 11.4 Å². The number of carbonyl (C=O) groups is 1. The van der Waals surface area contributed by atoms with Gasteiger partial charge in [-0.05, 0) is 0 Å². The Labute approximate surface area is 92.7 Å². The zero-order valence-corrected chi connectivity index (χ0v) is 8.82. The number of amides is 1. The van der Waals surface area contributed by atoms with Gasteiger partial charge in [0.2, 0.25) is 0 Å². The Morgan fingerprint density at radius 3 is 2.69 bits per heavy atom. The summed E-state index contributed by atoms with van der Waals surface area (Å²) < 4.78 is 0. The van der Waals surface area contributed by atoms with Crippen LogP contribution in [0, 0.1) is 0 Å². The van der Waals surface area contributed by atoms with Gasteiger partial charge in [-0.25, -0.2) is 4.98 Å². The third-order valence-corrected chi connectivity index (χ3v) is 2.23. The SMILES string of the molecule is CNC(=O)c1[nH]c(-c2ccccc2)nc1N. The van der Waals surface area contributed by atoms with Crippen LogP contribution in [-0.4, -0.2) is 22.9 Å². The van der Waals surface area contributed by atoms with Crippen molar-refractivity contribution in [3.05, 3.63) is 36.0 Å². The highest BCUT2D eigenvalue weighted by Crippen LogP contribution is 2.18. The van der Waals surface area contributed by atoms with E-state index in [1.54, 1.807) is 7.05 Å². The van der Waals surface area contributed by atoms with E-state index in [4.69, 9.17) is 5.73 Å². The maximum atomic E-state index is 11.4. The third-order valence-electron chi connectivity index (χ3n) is 2.23. The van der Waals surface area contributed by atoms with Crippen molar-refractivity contribution in [2.24, 2.45) is 0 Å². The molecule has 82 valence electrons. The Hall–Kier alpha value is -2.30. The molecule has 1 aromatic heterocycles. The largest absolute Gasteiger partial charge is 0.382 e. The lowest BCUT2D eigenvalue weighted by atomic mass is 10.2. The van der Waals surface area contributed by atoms with E-state index in [-0.39, 0.29) is 11.7 Å². The maximum absolute atomic E-state index is 11.4. The summed E-state index contributed by atoms with van der Waals surface area (Å²) in [7, 11) is 1.55. The van der Waals surface area contributed by atoms with E-state index in [9.17, 15) is 4.79 Å². The maximum Gasteiger partial charge on any atom is 0.271 e. The Balaban J connectivity index is 2.42. The van der Waals surface area contributed by atoms with Crippen LogP contribution in [0.3, 0.4) is 0 Å². The molecule has 0 aliphatic carbocycles. The number of aromatic nitrogens is 2. The molecular formula is C11H12N4O. The molecule has 0 saturated carbocycles. The molecule has 0 radical (unpaired) electrons. The molecular weight excluding hydrogens is 204 g/mol. The summed E-state index contributed by atoms with van der Waals surface area (Å²) in [4.78, 5) is 18.4. The molecule has 5 heteroatoms. The number of hydrogen-bond donors (Lipinski definition) is 3. The Kier molecular flexibility index (Phi) is 2.59. The van der Waals surface area contributed by atoms with Crippen LogP contribution in [-0.2, 0) is 0 Å². The van der Waals surface area contributed by atoms with Gasteiger partial charge in [-0.15, -0.1) is 0 Å². The van der Waals surface area contributed by atoms with Crippen LogP contribution in [0.5, 0.6) is 0 Å². The first-order valence-electron chi connectivity index (χ1n) is 4.85. The average Bonchev–Trinajstić information content (AvgIpc) is 2.71. The standard InChI is InChI=1S/C11H12N4O/c1-13-11(16)8-9(12)15-10(14-8)7-5-3-2-4-6-7/h2-6H,12H2,1H3,(H,13,16)(H,14,15). The lowest BCUT2D eigenvalue weighted by molar-refractivity contribution is 0.0959. The summed E-state index contributed by atoms with van der Waals surface area (Å²) in [5.74, 6) is 0.530. The van der Waals surface area contributed by atoms with Crippen molar-refractivity contribution in [1.29, 1.82) is 0 Å².